The molecule has 0 amide bonds. The van der Waals surface area contributed by atoms with E-state index in [1.54, 1.807) is 0 Å². The Morgan fingerprint density at radius 1 is 1.09 bits per heavy atom. The number of benzene rings is 2. The number of H-pyrrole nitrogens is 1. The van der Waals surface area contributed by atoms with Crippen molar-refractivity contribution < 1.29 is 9.53 Å². The number of ether oxygens (including phenoxy) is 1. The van der Waals surface area contributed by atoms with Gasteiger partial charge in [0.25, 0.3) is 0 Å². The van der Waals surface area contributed by atoms with Gasteiger partial charge in [0.05, 0.1) is 0 Å². The number of esters is 1. The minimum Gasteiger partial charge on any atom is -0.458 e. The molecule has 118 valence electrons. The topological polar surface area (TPSA) is 42.1 Å². The molecule has 0 aliphatic heterocycles. The molecular formula is C20H21NO2. The highest BCUT2D eigenvalue weighted by Crippen LogP contribution is 2.20. The SMILES string of the molecule is C[C@H](OC(=O)CCCc1c[nH]c2ccccc12)c1ccccc1. The van der Waals surface area contributed by atoms with Crippen molar-refractivity contribution in [3.8, 4) is 0 Å². The van der Waals surface area contributed by atoms with Crippen LogP contribution in [0.1, 0.15) is 37.0 Å². The summed E-state index contributed by atoms with van der Waals surface area (Å²) in [5, 5.41) is 1.23. The van der Waals surface area contributed by atoms with Gasteiger partial charge in [-0.1, -0.05) is 48.5 Å². The molecule has 0 aliphatic carbocycles. The van der Waals surface area contributed by atoms with E-state index in [1.807, 2.05) is 55.6 Å². The number of rotatable bonds is 6. The summed E-state index contributed by atoms with van der Waals surface area (Å²) in [4.78, 5) is 15.3. The molecule has 3 heteroatoms. The molecule has 0 saturated carbocycles. The molecule has 0 bridgehead atoms. The van der Waals surface area contributed by atoms with Crippen LogP contribution >= 0.6 is 0 Å². The molecule has 0 spiro atoms. The first-order valence-electron chi connectivity index (χ1n) is 8.03. The quantitative estimate of drug-likeness (QED) is 0.665. The van der Waals surface area contributed by atoms with E-state index in [4.69, 9.17) is 4.74 Å². The van der Waals surface area contributed by atoms with E-state index in [0.29, 0.717) is 6.42 Å². The lowest BCUT2D eigenvalue weighted by Gasteiger charge is -2.13. The fourth-order valence-electron chi connectivity index (χ4n) is 2.81. The number of hydrogen-bond acceptors (Lipinski definition) is 2. The Kier molecular flexibility index (Phi) is 4.77. The van der Waals surface area contributed by atoms with Gasteiger partial charge >= 0.3 is 5.97 Å². The fraction of sp³-hybridized carbons (Fsp3) is 0.250. The van der Waals surface area contributed by atoms with Crippen molar-refractivity contribution in [2.45, 2.75) is 32.3 Å². The Bertz CT molecular complexity index is 776. The Hall–Kier alpha value is -2.55. The first-order chi connectivity index (χ1) is 11.2. The van der Waals surface area contributed by atoms with Crippen molar-refractivity contribution in [1.29, 1.82) is 0 Å². The molecular weight excluding hydrogens is 286 g/mol. The normalized spacial score (nSPS) is 12.2. The summed E-state index contributed by atoms with van der Waals surface area (Å²) in [5.74, 6) is -0.138. The van der Waals surface area contributed by atoms with Gasteiger partial charge in [-0.15, -0.1) is 0 Å². The van der Waals surface area contributed by atoms with Crippen LogP contribution in [0.4, 0.5) is 0 Å². The molecule has 0 radical (unpaired) electrons. The predicted molar refractivity (Wildman–Crippen MR) is 92.2 cm³/mol. The summed E-state index contributed by atoms with van der Waals surface area (Å²) in [6.07, 6.45) is 3.94. The zero-order valence-electron chi connectivity index (χ0n) is 13.3. The van der Waals surface area contributed by atoms with Gasteiger partial charge in [0.15, 0.2) is 0 Å². The minimum atomic E-state index is -0.197. The van der Waals surface area contributed by atoms with Gasteiger partial charge < -0.3 is 9.72 Å². The second-order valence-electron chi connectivity index (χ2n) is 5.76. The lowest BCUT2D eigenvalue weighted by Crippen LogP contribution is -2.08. The molecule has 3 rings (SSSR count). The van der Waals surface area contributed by atoms with Crippen molar-refractivity contribution >= 4 is 16.9 Å². The van der Waals surface area contributed by atoms with Crippen LogP contribution in [-0.4, -0.2) is 11.0 Å². The van der Waals surface area contributed by atoms with Gasteiger partial charge in [-0.25, -0.2) is 0 Å². The largest absolute Gasteiger partial charge is 0.458 e. The van der Waals surface area contributed by atoms with E-state index in [2.05, 4.69) is 17.1 Å². The number of aromatic nitrogens is 1. The van der Waals surface area contributed by atoms with Gasteiger partial charge in [-0.2, -0.15) is 0 Å². The number of fused-ring (bicyclic) bond motifs is 1. The summed E-state index contributed by atoms with van der Waals surface area (Å²) in [6, 6.07) is 18.0. The summed E-state index contributed by atoms with van der Waals surface area (Å²) >= 11 is 0. The Labute approximate surface area is 136 Å². The van der Waals surface area contributed by atoms with Crippen molar-refractivity contribution in [3.05, 3.63) is 71.9 Å². The molecule has 1 heterocycles. The zero-order valence-corrected chi connectivity index (χ0v) is 13.3. The summed E-state index contributed by atoms with van der Waals surface area (Å²) in [7, 11) is 0. The monoisotopic (exact) mass is 307 g/mol. The molecule has 0 unspecified atom stereocenters. The van der Waals surface area contributed by atoms with Crippen LogP contribution in [0.5, 0.6) is 0 Å². The van der Waals surface area contributed by atoms with E-state index in [-0.39, 0.29) is 12.1 Å². The highest BCUT2D eigenvalue weighted by molar-refractivity contribution is 5.83. The maximum absolute atomic E-state index is 12.0. The average Bonchev–Trinajstić information content (AvgIpc) is 2.99. The lowest BCUT2D eigenvalue weighted by molar-refractivity contribution is -0.148. The third-order valence-corrected chi connectivity index (χ3v) is 4.08. The lowest BCUT2D eigenvalue weighted by atomic mass is 10.1. The zero-order chi connectivity index (χ0) is 16.1. The van der Waals surface area contributed by atoms with Crippen LogP contribution < -0.4 is 0 Å². The number of carbonyl (C=O) groups excluding carboxylic acids is 1. The maximum Gasteiger partial charge on any atom is 0.306 e. The molecule has 23 heavy (non-hydrogen) atoms. The van der Waals surface area contributed by atoms with E-state index < -0.39 is 0 Å². The molecule has 2 aromatic carbocycles. The number of carbonyl (C=O) groups is 1. The van der Waals surface area contributed by atoms with Gasteiger partial charge in [0, 0.05) is 23.5 Å². The maximum atomic E-state index is 12.0. The van der Waals surface area contributed by atoms with E-state index in [0.717, 1.165) is 23.9 Å². The number of para-hydroxylation sites is 1. The smallest absolute Gasteiger partial charge is 0.306 e. The predicted octanol–water partition coefficient (Wildman–Crippen LogP) is 4.80. The van der Waals surface area contributed by atoms with Crippen LogP contribution in [0.25, 0.3) is 10.9 Å². The third-order valence-electron chi connectivity index (χ3n) is 4.08. The molecule has 1 atom stereocenters. The van der Waals surface area contributed by atoms with E-state index >= 15 is 0 Å². The first kappa shape index (κ1) is 15.3. The Morgan fingerprint density at radius 2 is 1.83 bits per heavy atom. The van der Waals surface area contributed by atoms with Crippen LogP contribution in [0, 0.1) is 0 Å². The van der Waals surface area contributed by atoms with E-state index in [9.17, 15) is 4.79 Å². The molecule has 0 fully saturated rings. The molecule has 1 aromatic heterocycles. The molecule has 1 N–H and O–H groups in total. The molecule has 3 nitrogen and oxygen atoms in total. The second-order valence-corrected chi connectivity index (χ2v) is 5.76. The van der Waals surface area contributed by atoms with Crippen molar-refractivity contribution in [1.82, 2.24) is 4.98 Å². The number of aryl methyl sites for hydroxylation is 1. The van der Waals surface area contributed by atoms with Crippen molar-refractivity contribution in [3.63, 3.8) is 0 Å². The van der Waals surface area contributed by atoms with Gasteiger partial charge in [-0.3, -0.25) is 4.79 Å². The highest BCUT2D eigenvalue weighted by Gasteiger charge is 2.11. The van der Waals surface area contributed by atoms with E-state index in [1.165, 1.54) is 10.9 Å². The average molecular weight is 307 g/mol. The van der Waals surface area contributed by atoms with Gasteiger partial charge in [0.2, 0.25) is 0 Å². The number of aromatic amines is 1. The van der Waals surface area contributed by atoms with Crippen LogP contribution in [0.3, 0.4) is 0 Å². The molecule has 3 aromatic rings. The summed E-state index contributed by atoms with van der Waals surface area (Å²) in [6.45, 7) is 1.91. The number of hydrogen-bond donors (Lipinski definition) is 1. The minimum absolute atomic E-state index is 0.138. The highest BCUT2D eigenvalue weighted by atomic mass is 16.5. The molecule has 0 aliphatic rings. The summed E-state index contributed by atoms with van der Waals surface area (Å²) in [5.41, 5.74) is 3.42. The van der Waals surface area contributed by atoms with Gasteiger partial charge in [0.1, 0.15) is 6.10 Å². The Balaban J connectivity index is 1.50. The standard InChI is InChI=1S/C20H21NO2/c1-15(16-8-3-2-4-9-16)23-20(22)13-7-10-17-14-21-19-12-6-5-11-18(17)19/h2-6,8-9,11-12,14-15,21H,7,10,13H2,1H3/t15-/m0/s1. The molecule has 0 saturated heterocycles. The number of nitrogens with one attached hydrogen (secondary N) is 1. The van der Waals surface area contributed by atoms with Crippen molar-refractivity contribution in [2.75, 3.05) is 0 Å². The Morgan fingerprint density at radius 3 is 2.65 bits per heavy atom. The van der Waals surface area contributed by atoms with Crippen LogP contribution in [0.2, 0.25) is 0 Å². The third kappa shape index (κ3) is 3.81. The van der Waals surface area contributed by atoms with Crippen LogP contribution in [0.15, 0.2) is 60.8 Å². The second kappa shape index (κ2) is 7.14. The first-order valence-corrected chi connectivity index (χ1v) is 8.03. The van der Waals surface area contributed by atoms with Crippen molar-refractivity contribution in [2.24, 2.45) is 0 Å². The summed E-state index contributed by atoms with van der Waals surface area (Å²) < 4.78 is 5.50. The van der Waals surface area contributed by atoms with Gasteiger partial charge in [-0.05, 0) is 37.0 Å². The fourth-order valence-corrected chi connectivity index (χ4v) is 2.81. The van der Waals surface area contributed by atoms with Crippen LogP contribution in [-0.2, 0) is 16.0 Å².